The highest BCUT2D eigenvalue weighted by Gasteiger charge is 2.52. The zero-order valence-electron chi connectivity index (χ0n) is 22.0. The Morgan fingerprint density at radius 3 is 1.18 bits per heavy atom. The maximum atomic E-state index is 6.71. The van der Waals surface area contributed by atoms with Gasteiger partial charge in [-0.05, 0) is 66.7 Å². The number of rotatable bonds is 24. The smallest absolute Gasteiger partial charge is 0.394 e. The summed E-state index contributed by atoms with van der Waals surface area (Å²) in [6.45, 7) is 18.6. The van der Waals surface area contributed by atoms with Crippen LogP contribution in [0.4, 0.5) is 0 Å². The molecule has 0 unspecified atom stereocenters. The molecule has 0 radical (unpaired) electrons. The summed E-state index contributed by atoms with van der Waals surface area (Å²) in [6.07, 6.45) is 1.76. The second kappa shape index (κ2) is 19.4. The lowest BCUT2D eigenvalue weighted by Crippen LogP contribution is -2.60. The van der Waals surface area contributed by atoms with Crippen molar-refractivity contribution >= 4 is 26.2 Å². The minimum atomic E-state index is -2.94. The summed E-state index contributed by atoms with van der Waals surface area (Å²) in [5.74, 6) is 0. The Labute approximate surface area is 205 Å². The van der Waals surface area contributed by atoms with Crippen molar-refractivity contribution in [3.8, 4) is 0 Å². The second-order valence-corrected chi connectivity index (χ2v) is 17.3. The highest BCUT2D eigenvalue weighted by Crippen LogP contribution is 2.29. The standard InChI is InChI=1S/C20H52N4O6Si3/c1-7-25-32(26-8-2,19-11-15-23-17-13-21)29-31(5,6)30-33(27-9-3,28-10-4)20-12-16-24-18-14-22/h23-24H,7-22H2,1-6H3. The van der Waals surface area contributed by atoms with E-state index in [4.69, 9.17) is 37.4 Å². The van der Waals surface area contributed by atoms with Crippen molar-refractivity contribution in [2.75, 3.05) is 65.7 Å². The first kappa shape index (κ1) is 33.3. The van der Waals surface area contributed by atoms with E-state index >= 15 is 0 Å². The average Bonchev–Trinajstić information content (AvgIpc) is 2.73. The van der Waals surface area contributed by atoms with Gasteiger partial charge in [-0.3, -0.25) is 0 Å². The van der Waals surface area contributed by atoms with Gasteiger partial charge in [0.2, 0.25) is 0 Å². The van der Waals surface area contributed by atoms with Crippen molar-refractivity contribution in [1.82, 2.24) is 10.6 Å². The molecule has 13 heteroatoms. The molecule has 10 nitrogen and oxygen atoms in total. The third kappa shape index (κ3) is 15.1. The predicted octanol–water partition coefficient (Wildman–Crippen LogP) is 1.62. The first-order valence-corrected chi connectivity index (χ1v) is 19.2. The lowest BCUT2D eigenvalue weighted by molar-refractivity contribution is 0.0802. The predicted molar refractivity (Wildman–Crippen MR) is 140 cm³/mol. The largest absolute Gasteiger partial charge is 0.492 e. The quantitative estimate of drug-likeness (QED) is 0.108. The van der Waals surface area contributed by atoms with Crippen molar-refractivity contribution in [2.24, 2.45) is 11.5 Å². The Bertz CT molecular complexity index is 420. The normalized spacial score (nSPS) is 13.1. The summed E-state index contributed by atoms with van der Waals surface area (Å²) in [7, 11) is -8.60. The van der Waals surface area contributed by atoms with Crippen LogP contribution in [0.1, 0.15) is 40.5 Å². The molecule has 0 atom stereocenters. The molecule has 0 aliphatic heterocycles. The van der Waals surface area contributed by atoms with Crippen molar-refractivity contribution in [2.45, 2.75) is 65.7 Å². The second-order valence-electron chi connectivity index (χ2n) is 7.99. The van der Waals surface area contributed by atoms with Crippen LogP contribution in [0.3, 0.4) is 0 Å². The van der Waals surface area contributed by atoms with E-state index in [0.29, 0.717) is 51.6 Å². The molecule has 0 rings (SSSR count). The molecule has 0 aliphatic rings. The number of hydrogen-bond donors (Lipinski definition) is 4. The van der Waals surface area contributed by atoms with Gasteiger partial charge in [-0.2, -0.15) is 0 Å². The first-order chi connectivity index (χ1) is 15.8. The lowest BCUT2D eigenvalue weighted by Gasteiger charge is -2.40. The number of nitrogens with two attached hydrogens (primary N) is 2. The van der Waals surface area contributed by atoms with E-state index < -0.39 is 26.2 Å². The summed E-state index contributed by atoms with van der Waals surface area (Å²) in [6, 6.07) is 1.43. The topological polar surface area (TPSA) is 131 Å². The molecule has 0 amide bonds. The Hall–Kier alpha value is 0.251. The maximum Gasteiger partial charge on any atom is 0.492 e. The van der Waals surface area contributed by atoms with E-state index in [2.05, 4.69) is 10.6 Å². The van der Waals surface area contributed by atoms with Gasteiger partial charge in [0.25, 0.3) is 0 Å². The van der Waals surface area contributed by atoms with E-state index in [-0.39, 0.29) is 0 Å². The van der Waals surface area contributed by atoms with E-state index in [0.717, 1.165) is 39.0 Å². The summed E-state index contributed by atoms with van der Waals surface area (Å²) >= 11 is 0. The van der Waals surface area contributed by atoms with Crippen LogP contribution >= 0.6 is 0 Å². The molecule has 0 aromatic heterocycles. The van der Waals surface area contributed by atoms with Crippen LogP contribution in [-0.4, -0.2) is 91.9 Å². The van der Waals surface area contributed by atoms with Gasteiger partial charge in [0.1, 0.15) is 0 Å². The van der Waals surface area contributed by atoms with Crippen LogP contribution in [0.25, 0.3) is 0 Å². The van der Waals surface area contributed by atoms with Crippen molar-refractivity contribution in [3.05, 3.63) is 0 Å². The molecule has 0 aromatic rings. The summed E-state index contributed by atoms with van der Waals surface area (Å²) in [4.78, 5) is 0. The fourth-order valence-corrected chi connectivity index (χ4v) is 15.6. The van der Waals surface area contributed by atoms with Crippen LogP contribution in [0.5, 0.6) is 0 Å². The molecule has 0 fully saturated rings. The van der Waals surface area contributed by atoms with Crippen LogP contribution in [0.2, 0.25) is 25.2 Å². The Kier molecular flexibility index (Phi) is 19.6. The van der Waals surface area contributed by atoms with Crippen LogP contribution < -0.4 is 22.1 Å². The Morgan fingerprint density at radius 1 is 0.576 bits per heavy atom. The zero-order valence-corrected chi connectivity index (χ0v) is 25.0. The zero-order chi connectivity index (χ0) is 25.1. The molecule has 0 heterocycles. The van der Waals surface area contributed by atoms with Crippen molar-refractivity contribution in [1.29, 1.82) is 0 Å². The summed E-state index contributed by atoms with van der Waals surface area (Å²) in [5.41, 5.74) is 11.1. The van der Waals surface area contributed by atoms with E-state index in [1.165, 1.54) is 0 Å². The Morgan fingerprint density at radius 2 is 0.909 bits per heavy atom. The minimum Gasteiger partial charge on any atom is -0.394 e. The summed E-state index contributed by atoms with van der Waals surface area (Å²) in [5, 5.41) is 6.66. The average molecular weight is 529 g/mol. The van der Waals surface area contributed by atoms with E-state index in [1.54, 1.807) is 0 Å². The minimum absolute atomic E-state index is 0.527. The lowest BCUT2D eigenvalue weighted by atomic mass is 10.5. The molecule has 0 spiro atoms. The first-order valence-electron chi connectivity index (χ1n) is 12.6. The van der Waals surface area contributed by atoms with Crippen molar-refractivity contribution in [3.63, 3.8) is 0 Å². The van der Waals surface area contributed by atoms with Crippen LogP contribution in [-0.2, 0) is 25.9 Å². The van der Waals surface area contributed by atoms with E-state index in [1.807, 2.05) is 40.8 Å². The molecule has 200 valence electrons. The molecule has 0 aliphatic carbocycles. The van der Waals surface area contributed by atoms with Gasteiger partial charge in [-0.25, -0.2) is 0 Å². The van der Waals surface area contributed by atoms with Crippen molar-refractivity contribution < 1.29 is 25.9 Å². The molecule has 33 heavy (non-hydrogen) atoms. The fourth-order valence-electron chi connectivity index (χ4n) is 3.56. The fraction of sp³-hybridized carbons (Fsp3) is 1.00. The highest BCUT2D eigenvalue weighted by atomic mass is 28.5. The molecule has 6 N–H and O–H groups in total. The molecule has 0 saturated carbocycles. The molecule has 0 aromatic carbocycles. The summed E-state index contributed by atoms with van der Waals surface area (Å²) < 4.78 is 38.1. The third-order valence-electron chi connectivity index (χ3n) is 4.57. The van der Waals surface area contributed by atoms with Crippen LogP contribution in [0.15, 0.2) is 0 Å². The van der Waals surface area contributed by atoms with Gasteiger partial charge in [-0.1, -0.05) is 0 Å². The van der Waals surface area contributed by atoms with E-state index in [9.17, 15) is 0 Å². The van der Waals surface area contributed by atoms with Gasteiger partial charge >= 0.3 is 26.2 Å². The van der Waals surface area contributed by atoms with Gasteiger partial charge in [0, 0.05) is 64.7 Å². The molecule has 0 bridgehead atoms. The third-order valence-corrected chi connectivity index (χ3v) is 15.8. The van der Waals surface area contributed by atoms with Gasteiger partial charge in [0.15, 0.2) is 0 Å². The molecular weight excluding hydrogens is 477 g/mol. The van der Waals surface area contributed by atoms with Gasteiger partial charge in [0.05, 0.1) is 0 Å². The number of nitrogens with one attached hydrogen (secondary N) is 2. The number of hydrogen-bond acceptors (Lipinski definition) is 10. The van der Waals surface area contributed by atoms with Crippen LogP contribution in [0, 0.1) is 0 Å². The molecule has 0 saturated heterocycles. The Balaban J connectivity index is 5.44. The highest BCUT2D eigenvalue weighted by molar-refractivity contribution is 6.82. The van der Waals surface area contributed by atoms with Gasteiger partial charge < -0.3 is 48.0 Å². The SMILES string of the molecule is CCO[Si](CCCNCCN)(OCC)O[Si](C)(C)O[Si](CCCNCCN)(OCC)OCC. The van der Waals surface area contributed by atoms with Gasteiger partial charge in [-0.15, -0.1) is 0 Å². The maximum absolute atomic E-state index is 6.71. The molecular formula is C20H52N4O6Si3. The monoisotopic (exact) mass is 528 g/mol.